The van der Waals surface area contributed by atoms with E-state index in [1.165, 1.54) is 12.1 Å². The zero-order valence-corrected chi connectivity index (χ0v) is 16.4. The van der Waals surface area contributed by atoms with Gasteiger partial charge in [-0.05, 0) is 38.3 Å². The number of amides is 1. The Hall–Kier alpha value is -1.99. The molecule has 1 heterocycles. The van der Waals surface area contributed by atoms with Crippen LogP contribution in [0.4, 0.5) is 0 Å². The van der Waals surface area contributed by atoms with Gasteiger partial charge in [-0.3, -0.25) is 4.79 Å². The van der Waals surface area contributed by atoms with Gasteiger partial charge in [0.2, 0.25) is 0 Å². The Morgan fingerprint density at radius 1 is 1.37 bits per heavy atom. The van der Waals surface area contributed by atoms with Gasteiger partial charge in [-0.2, -0.15) is 0 Å². The van der Waals surface area contributed by atoms with Crippen LogP contribution in [0, 0.1) is 5.92 Å². The molecular formula is C19H26ClNO6. The lowest BCUT2D eigenvalue weighted by molar-refractivity contribution is -0.142. The van der Waals surface area contributed by atoms with Crippen molar-refractivity contribution in [1.82, 2.24) is 5.32 Å². The quantitative estimate of drug-likeness (QED) is 0.662. The molecule has 1 aliphatic rings. The second-order valence-electron chi connectivity index (χ2n) is 6.33. The molecule has 0 aromatic heterocycles. The lowest BCUT2D eigenvalue weighted by Gasteiger charge is -2.28. The number of rotatable bonds is 9. The number of carboxylic acids is 1. The number of benzene rings is 1. The van der Waals surface area contributed by atoms with Crippen LogP contribution in [0.3, 0.4) is 0 Å². The predicted molar refractivity (Wildman–Crippen MR) is 101 cm³/mol. The van der Waals surface area contributed by atoms with Gasteiger partial charge in [0.05, 0.1) is 24.8 Å². The second kappa shape index (κ2) is 10.4. The molecule has 1 amide bonds. The van der Waals surface area contributed by atoms with Gasteiger partial charge in [0.25, 0.3) is 5.91 Å². The fourth-order valence-corrected chi connectivity index (χ4v) is 3.21. The molecule has 1 saturated heterocycles. The highest BCUT2D eigenvalue weighted by atomic mass is 35.5. The number of hydrogen-bond acceptors (Lipinski definition) is 5. The van der Waals surface area contributed by atoms with Crippen LogP contribution in [-0.2, 0) is 9.53 Å². The molecule has 0 saturated carbocycles. The van der Waals surface area contributed by atoms with Gasteiger partial charge in [-0.15, -0.1) is 0 Å². The van der Waals surface area contributed by atoms with Gasteiger partial charge < -0.3 is 24.6 Å². The summed E-state index contributed by atoms with van der Waals surface area (Å²) in [6.07, 6.45) is 2.26. The molecule has 2 unspecified atom stereocenters. The molecule has 1 aromatic carbocycles. The molecule has 27 heavy (non-hydrogen) atoms. The maximum Gasteiger partial charge on any atom is 0.326 e. The van der Waals surface area contributed by atoms with Gasteiger partial charge in [0, 0.05) is 18.1 Å². The monoisotopic (exact) mass is 399 g/mol. The molecule has 1 fully saturated rings. The van der Waals surface area contributed by atoms with Crippen LogP contribution in [0.1, 0.15) is 43.5 Å². The maximum absolute atomic E-state index is 12.7. The van der Waals surface area contributed by atoms with Crippen molar-refractivity contribution in [1.29, 1.82) is 0 Å². The highest BCUT2D eigenvalue weighted by molar-refractivity contribution is 6.32. The summed E-state index contributed by atoms with van der Waals surface area (Å²) in [5.74, 6) is -1.14. The molecule has 0 aliphatic carbocycles. The standard InChI is InChI=1S/C19H26ClNO6/c1-3-7-27-17-14(20)9-13(10-15(17)26-4-2)18(22)21-16(19(23)24)12-6-5-8-25-11-12/h9-10,12,16H,3-8,11H2,1-2H3,(H,21,22)(H,23,24). The largest absolute Gasteiger partial charge is 0.490 e. The summed E-state index contributed by atoms with van der Waals surface area (Å²) >= 11 is 6.28. The Balaban J connectivity index is 2.21. The van der Waals surface area contributed by atoms with Crippen molar-refractivity contribution in [2.75, 3.05) is 26.4 Å². The number of nitrogens with one attached hydrogen (secondary N) is 1. The lowest BCUT2D eigenvalue weighted by Crippen LogP contribution is -2.48. The fraction of sp³-hybridized carbons (Fsp3) is 0.579. The topological polar surface area (TPSA) is 94.1 Å². The summed E-state index contributed by atoms with van der Waals surface area (Å²) < 4.78 is 16.5. The molecule has 2 atom stereocenters. The first-order chi connectivity index (χ1) is 13.0. The van der Waals surface area contributed by atoms with E-state index in [4.69, 9.17) is 25.8 Å². The molecule has 1 aromatic rings. The Kier molecular flexibility index (Phi) is 8.19. The zero-order valence-electron chi connectivity index (χ0n) is 15.6. The summed E-state index contributed by atoms with van der Waals surface area (Å²) in [7, 11) is 0. The van der Waals surface area contributed by atoms with Gasteiger partial charge in [-0.1, -0.05) is 18.5 Å². The summed E-state index contributed by atoms with van der Waals surface area (Å²) in [5, 5.41) is 12.3. The third-order valence-electron chi connectivity index (χ3n) is 4.24. The number of ether oxygens (including phenoxy) is 3. The molecule has 0 bridgehead atoms. The molecule has 2 N–H and O–H groups in total. The van der Waals surface area contributed by atoms with Crippen LogP contribution in [0.15, 0.2) is 12.1 Å². The predicted octanol–water partition coefficient (Wildman–Crippen LogP) is 3.14. The van der Waals surface area contributed by atoms with E-state index in [1.54, 1.807) is 0 Å². The van der Waals surface area contributed by atoms with Crippen LogP contribution < -0.4 is 14.8 Å². The molecule has 0 radical (unpaired) electrons. The van der Waals surface area contributed by atoms with Crippen LogP contribution >= 0.6 is 11.6 Å². The molecular weight excluding hydrogens is 374 g/mol. The normalized spacial score (nSPS) is 17.8. The SMILES string of the molecule is CCCOc1c(Cl)cc(C(=O)NC(C(=O)O)C2CCCOC2)cc1OCC. The van der Waals surface area contributed by atoms with Crippen LogP contribution in [-0.4, -0.2) is 49.5 Å². The van der Waals surface area contributed by atoms with Crippen LogP contribution in [0.5, 0.6) is 11.5 Å². The van der Waals surface area contributed by atoms with E-state index in [2.05, 4.69) is 5.32 Å². The minimum absolute atomic E-state index is 0.218. The smallest absolute Gasteiger partial charge is 0.326 e. The summed E-state index contributed by atoms with van der Waals surface area (Å²) in [4.78, 5) is 24.3. The first-order valence-electron chi connectivity index (χ1n) is 9.18. The van der Waals surface area contributed by atoms with E-state index in [0.29, 0.717) is 44.3 Å². The number of carbonyl (C=O) groups is 2. The first-order valence-corrected chi connectivity index (χ1v) is 9.56. The Labute approximate surface area is 163 Å². The van der Waals surface area contributed by atoms with E-state index >= 15 is 0 Å². The van der Waals surface area contributed by atoms with E-state index in [-0.39, 0.29) is 16.5 Å². The van der Waals surface area contributed by atoms with Crippen molar-refractivity contribution in [3.63, 3.8) is 0 Å². The Morgan fingerprint density at radius 3 is 2.74 bits per heavy atom. The fourth-order valence-electron chi connectivity index (χ4n) is 2.94. The van der Waals surface area contributed by atoms with Gasteiger partial charge in [0.1, 0.15) is 6.04 Å². The second-order valence-corrected chi connectivity index (χ2v) is 6.74. The molecule has 150 valence electrons. The van der Waals surface area contributed by atoms with Crippen molar-refractivity contribution < 1.29 is 28.9 Å². The maximum atomic E-state index is 12.7. The number of carboxylic acid groups (broad SMARTS) is 1. The third-order valence-corrected chi connectivity index (χ3v) is 4.52. The summed E-state index contributed by atoms with van der Waals surface area (Å²) in [6, 6.07) is 1.95. The highest BCUT2D eigenvalue weighted by Crippen LogP contribution is 2.37. The van der Waals surface area contributed by atoms with E-state index in [1.807, 2.05) is 13.8 Å². The number of aliphatic carboxylic acids is 1. The molecule has 0 spiro atoms. The van der Waals surface area contributed by atoms with Crippen molar-refractivity contribution in [3.05, 3.63) is 22.7 Å². The zero-order chi connectivity index (χ0) is 19.8. The van der Waals surface area contributed by atoms with Gasteiger partial charge in [-0.25, -0.2) is 4.79 Å². The Morgan fingerprint density at radius 2 is 2.15 bits per heavy atom. The summed E-state index contributed by atoms with van der Waals surface area (Å²) in [6.45, 7) is 5.55. The van der Waals surface area contributed by atoms with E-state index in [0.717, 1.165) is 12.8 Å². The van der Waals surface area contributed by atoms with E-state index in [9.17, 15) is 14.7 Å². The van der Waals surface area contributed by atoms with Crippen molar-refractivity contribution in [2.45, 2.75) is 39.2 Å². The highest BCUT2D eigenvalue weighted by Gasteiger charge is 2.32. The number of carbonyl (C=O) groups excluding carboxylic acids is 1. The first kappa shape index (κ1) is 21.3. The van der Waals surface area contributed by atoms with E-state index < -0.39 is 17.9 Å². The number of hydrogen-bond donors (Lipinski definition) is 2. The van der Waals surface area contributed by atoms with Crippen molar-refractivity contribution in [2.24, 2.45) is 5.92 Å². The van der Waals surface area contributed by atoms with Gasteiger partial charge >= 0.3 is 5.97 Å². The molecule has 7 nitrogen and oxygen atoms in total. The minimum Gasteiger partial charge on any atom is -0.490 e. The van der Waals surface area contributed by atoms with Crippen molar-refractivity contribution in [3.8, 4) is 11.5 Å². The average molecular weight is 400 g/mol. The summed E-state index contributed by atoms with van der Waals surface area (Å²) in [5.41, 5.74) is 0.218. The van der Waals surface area contributed by atoms with Crippen molar-refractivity contribution >= 4 is 23.5 Å². The molecule has 1 aliphatic heterocycles. The average Bonchev–Trinajstić information content (AvgIpc) is 2.65. The lowest BCUT2D eigenvalue weighted by atomic mass is 9.93. The Bertz CT molecular complexity index is 660. The number of halogens is 1. The van der Waals surface area contributed by atoms with Crippen LogP contribution in [0.25, 0.3) is 0 Å². The van der Waals surface area contributed by atoms with Crippen LogP contribution in [0.2, 0.25) is 5.02 Å². The molecule has 8 heteroatoms. The minimum atomic E-state index is -1.09. The van der Waals surface area contributed by atoms with Gasteiger partial charge in [0.15, 0.2) is 11.5 Å². The molecule has 2 rings (SSSR count). The third kappa shape index (κ3) is 5.74.